The second-order valence-electron chi connectivity index (χ2n) is 4.56. The van der Waals surface area contributed by atoms with Gasteiger partial charge in [-0.25, -0.2) is 8.42 Å². The highest BCUT2D eigenvalue weighted by Crippen LogP contribution is 2.30. The van der Waals surface area contributed by atoms with Crippen LogP contribution in [0.3, 0.4) is 0 Å². The van der Waals surface area contributed by atoms with Gasteiger partial charge < -0.3 is 5.73 Å². The molecular formula is C10H18F3NO2S. The first-order valence-corrected chi connectivity index (χ1v) is 7.47. The molecular weight excluding hydrogens is 255 g/mol. The molecule has 0 aromatic heterocycles. The predicted octanol–water partition coefficient (Wildman–Crippen LogP) is 1.87. The van der Waals surface area contributed by atoms with Crippen molar-refractivity contribution in [3.05, 3.63) is 0 Å². The molecule has 0 saturated heterocycles. The summed E-state index contributed by atoms with van der Waals surface area (Å²) in [6, 6.07) is 0. The highest BCUT2D eigenvalue weighted by molar-refractivity contribution is 7.92. The first kappa shape index (κ1) is 14.8. The fourth-order valence-corrected chi connectivity index (χ4v) is 4.35. The normalized spacial score (nSPS) is 21.4. The molecule has 2 N–H and O–H groups in total. The molecule has 1 unspecified atom stereocenters. The summed E-state index contributed by atoms with van der Waals surface area (Å²) >= 11 is 0. The largest absolute Gasteiger partial charge is 0.393 e. The van der Waals surface area contributed by atoms with E-state index in [0.29, 0.717) is 12.8 Å². The summed E-state index contributed by atoms with van der Waals surface area (Å²) in [7, 11) is -3.68. The van der Waals surface area contributed by atoms with Crippen molar-refractivity contribution in [2.75, 3.05) is 12.3 Å². The van der Waals surface area contributed by atoms with Crippen LogP contribution in [0.4, 0.5) is 13.2 Å². The van der Waals surface area contributed by atoms with Gasteiger partial charge in [-0.1, -0.05) is 19.3 Å². The molecule has 0 bridgehead atoms. The van der Waals surface area contributed by atoms with Gasteiger partial charge in [0.1, 0.15) is 0 Å². The van der Waals surface area contributed by atoms with E-state index in [1.165, 1.54) is 0 Å². The van der Waals surface area contributed by atoms with Gasteiger partial charge in [0.25, 0.3) is 0 Å². The molecule has 0 aliphatic heterocycles. The minimum absolute atomic E-state index is 0.484. The van der Waals surface area contributed by atoms with Crippen LogP contribution in [0.15, 0.2) is 0 Å². The van der Waals surface area contributed by atoms with E-state index in [1.54, 1.807) is 0 Å². The number of hydrogen-bond acceptors (Lipinski definition) is 3. The Kier molecular flexibility index (Phi) is 4.83. The van der Waals surface area contributed by atoms with Crippen molar-refractivity contribution in [1.82, 2.24) is 0 Å². The Morgan fingerprint density at radius 1 is 1.18 bits per heavy atom. The molecule has 17 heavy (non-hydrogen) atoms. The smallest absolute Gasteiger partial charge is 0.330 e. The summed E-state index contributed by atoms with van der Waals surface area (Å²) in [5.74, 6) is -2.80. The van der Waals surface area contributed by atoms with Gasteiger partial charge in [0, 0.05) is 6.54 Å². The van der Waals surface area contributed by atoms with Crippen molar-refractivity contribution in [2.45, 2.75) is 43.5 Å². The standard InChI is InChI=1S/C10H18F3NO2S/c11-10(12,13)8(6-14)7-17(15,16)9-4-2-1-3-5-9/h8-9H,1-7,14H2. The van der Waals surface area contributed by atoms with E-state index in [-0.39, 0.29) is 0 Å². The lowest BCUT2D eigenvalue weighted by molar-refractivity contribution is -0.165. The van der Waals surface area contributed by atoms with Crippen LogP contribution in [0.2, 0.25) is 0 Å². The van der Waals surface area contributed by atoms with Crippen LogP contribution in [-0.4, -0.2) is 32.1 Å². The highest BCUT2D eigenvalue weighted by atomic mass is 32.2. The topological polar surface area (TPSA) is 60.2 Å². The molecule has 0 aromatic carbocycles. The van der Waals surface area contributed by atoms with Crippen molar-refractivity contribution in [2.24, 2.45) is 11.7 Å². The fraction of sp³-hybridized carbons (Fsp3) is 1.00. The summed E-state index contributed by atoms with van der Waals surface area (Å²) in [5.41, 5.74) is 5.01. The molecule has 1 aliphatic carbocycles. The van der Waals surface area contributed by atoms with Crippen molar-refractivity contribution in [3.63, 3.8) is 0 Å². The maximum atomic E-state index is 12.5. The van der Waals surface area contributed by atoms with Crippen LogP contribution in [0, 0.1) is 5.92 Å². The van der Waals surface area contributed by atoms with Crippen LogP contribution in [0.25, 0.3) is 0 Å². The van der Waals surface area contributed by atoms with Crippen molar-refractivity contribution in [1.29, 1.82) is 0 Å². The molecule has 7 heteroatoms. The van der Waals surface area contributed by atoms with Crippen LogP contribution in [0.1, 0.15) is 32.1 Å². The van der Waals surface area contributed by atoms with E-state index in [4.69, 9.17) is 5.73 Å². The second kappa shape index (κ2) is 5.56. The third-order valence-electron chi connectivity index (χ3n) is 3.24. The molecule has 3 nitrogen and oxygen atoms in total. The third-order valence-corrected chi connectivity index (χ3v) is 5.60. The van der Waals surface area contributed by atoms with Crippen LogP contribution < -0.4 is 5.73 Å². The maximum Gasteiger partial charge on any atom is 0.393 e. The first-order chi connectivity index (χ1) is 7.77. The number of sulfone groups is 1. The molecule has 1 saturated carbocycles. The van der Waals surface area contributed by atoms with E-state index in [2.05, 4.69) is 0 Å². The van der Waals surface area contributed by atoms with Gasteiger partial charge in [-0.3, -0.25) is 0 Å². The van der Waals surface area contributed by atoms with Gasteiger partial charge in [-0.05, 0) is 12.8 Å². The van der Waals surface area contributed by atoms with Gasteiger partial charge in [0.2, 0.25) is 0 Å². The van der Waals surface area contributed by atoms with E-state index in [0.717, 1.165) is 19.3 Å². The lowest BCUT2D eigenvalue weighted by Gasteiger charge is -2.25. The van der Waals surface area contributed by atoms with Gasteiger partial charge >= 0.3 is 6.18 Å². The maximum absolute atomic E-state index is 12.5. The van der Waals surface area contributed by atoms with Gasteiger partial charge in [0.05, 0.1) is 16.9 Å². The van der Waals surface area contributed by atoms with Gasteiger partial charge in [0.15, 0.2) is 9.84 Å². The minimum Gasteiger partial charge on any atom is -0.330 e. The van der Waals surface area contributed by atoms with Crippen LogP contribution >= 0.6 is 0 Å². The number of nitrogens with two attached hydrogens (primary N) is 1. The van der Waals surface area contributed by atoms with Gasteiger partial charge in [-0.15, -0.1) is 0 Å². The minimum atomic E-state index is -4.53. The Morgan fingerprint density at radius 2 is 1.71 bits per heavy atom. The highest BCUT2D eigenvalue weighted by Gasteiger charge is 2.43. The molecule has 102 valence electrons. The predicted molar refractivity (Wildman–Crippen MR) is 59.3 cm³/mol. The molecule has 0 radical (unpaired) electrons. The lowest BCUT2D eigenvalue weighted by Crippen LogP contribution is -2.39. The molecule has 0 aromatic rings. The Morgan fingerprint density at radius 3 is 2.12 bits per heavy atom. The zero-order chi connectivity index (χ0) is 13.1. The Hall–Kier alpha value is -0.300. The summed E-state index contributed by atoms with van der Waals surface area (Å²) < 4.78 is 61.1. The fourth-order valence-electron chi connectivity index (χ4n) is 2.14. The molecule has 1 aliphatic rings. The first-order valence-electron chi connectivity index (χ1n) is 5.75. The third kappa shape index (κ3) is 4.13. The molecule has 0 heterocycles. The second-order valence-corrected chi connectivity index (χ2v) is 6.89. The molecule has 1 rings (SSSR count). The molecule has 1 atom stereocenters. The monoisotopic (exact) mass is 273 g/mol. The SMILES string of the molecule is NCC(CS(=O)(=O)C1CCCCC1)C(F)(F)F. The van der Waals surface area contributed by atoms with Crippen LogP contribution in [-0.2, 0) is 9.84 Å². The van der Waals surface area contributed by atoms with Gasteiger partial charge in [-0.2, -0.15) is 13.2 Å². The molecule has 0 amide bonds. The molecule has 1 fully saturated rings. The Labute approximate surface area is 99.5 Å². The Bertz CT molecular complexity index is 334. The number of rotatable bonds is 4. The zero-order valence-corrected chi connectivity index (χ0v) is 10.4. The zero-order valence-electron chi connectivity index (χ0n) is 9.54. The Balaban J connectivity index is 2.70. The summed E-state index contributed by atoms with van der Waals surface area (Å²) in [4.78, 5) is 0. The van der Waals surface area contributed by atoms with Crippen LogP contribution in [0.5, 0.6) is 0 Å². The van der Waals surface area contributed by atoms with E-state index < -0.39 is 39.5 Å². The van der Waals surface area contributed by atoms with Crippen molar-refractivity contribution in [3.8, 4) is 0 Å². The quantitative estimate of drug-likeness (QED) is 0.850. The average Bonchev–Trinajstić information content (AvgIpc) is 2.25. The number of alkyl halides is 3. The summed E-state index contributed by atoms with van der Waals surface area (Å²) in [5, 5.41) is -0.604. The average molecular weight is 273 g/mol. The van der Waals surface area contributed by atoms with E-state index in [1.807, 2.05) is 0 Å². The van der Waals surface area contributed by atoms with E-state index >= 15 is 0 Å². The summed E-state index contributed by atoms with van der Waals surface area (Å²) in [6.07, 6.45) is -1.04. The number of hydrogen-bond donors (Lipinski definition) is 1. The molecule has 0 spiro atoms. The number of halogens is 3. The van der Waals surface area contributed by atoms with Crippen molar-refractivity contribution >= 4 is 9.84 Å². The van der Waals surface area contributed by atoms with E-state index in [9.17, 15) is 21.6 Å². The van der Waals surface area contributed by atoms with Crippen molar-refractivity contribution < 1.29 is 21.6 Å². The summed E-state index contributed by atoms with van der Waals surface area (Å²) in [6.45, 7) is -0.671. The lowest BCUT2D eigenvalue weighted by atomic mass is 10.0.